The van der Waals surface area contributed by atoms with E-state index in [4.69, 9.17) is 19.4 Å². The zero-order valence-electron chi connectivity index (χ0n) is 26.7. The molecular weight excluding hydrogens is 546 g/mol. The van der Waals surface area contributed by atoms with E-state index < -0.39 is 0 Å². The zero-order chi connectivity index (χ0) is 30.7. The maximum absolute atomic E-state index is 6.39. The summed E-state index contributed by atoms with van der Waals surface area (Å²) in [6.45, 7) is 11.9. The van der Waals surface area contributed by atoms with Gasteiger partial charge in [0.15, 0.2) is 0 Å². The Morgan fingerprint density at radius 1 is 0.977 bits per heavy atom. The molecule has 1 aliphatic rings. The maximum atomic E-state index is 6.39. The standard InChI is InChI=1S/C37H39N5O2/c1-22-27-9-8-16-43-34(27)13-11-28(22)35-29-19-33(41(6)36(29)40-23(2)30(35)21-44-37(3,4)5)25-14-15-38-31(18-25)24-10-12-32-26(17-24)20-39-42(32)7/h10-15,17-20H,8-9,16,21H2,1-7H3. The van der Waals surface area contributed by atoms with E-state index >= 15 is 0 Å². The molecule has 0 fully saturated rings. The van der Waals surface area contributed by atoms with E-state index in [1.807, 2.05) is 24.1 Å². The van der Waals surface area contributed by atoms with Gasteiger partial charge in [-0.15, -0.1) is 0 Å². The van der Waals surface area contributed by atoms with Gasteiger partial charge in [0.1, 0.15) is 11.4 Å². The number of hydrogen-bond acceptors (Lipinski definition) is 5. The van der Waals surface area contributed by atoms with Crippen LogP contribution in [-0.4, -0.2) is 36.5 Å². The molecule has 7 heteroatoms. The van der Waals surface area contributed by atoms with Crippen LogP contribution in [0, 0.1) is 13.8 Å². The summed E-state index contributed by atoms with van der Waals surface area (Å²) in [6, 6.07) is 17.3. The fourth-order valence-corrected chi connectivity index (χ4v) is 6.48. The third-order valence-corrected chi connectivity index (χ3v) is 8.88. The first-order valence-electron chi connectivity index (χ1n) is 15.4. The van der Waals surface area contributed by atoms with Crippen molar-refractivity contribution in [2.75, 3.05) is 6.61 Å². The van der Waals surface area contributed by atoms with Crippen LogP contribution in [0.4, 0.5) is 0 Å². The number of hydrogen-bond donors (Lipinski definition) is 0. The van der Waals surface area contributed by atoms with E-state index in [1.165, 1.54) is 22.3 Å². The number of fused-ring (bicyclic) bond motifs is 3. The van der Waals surface area contributed by atoms with Crippen LogP contribution >= 0.6 is 0 Å². The van der Waals surface area contributed by atoms with E-state index in [-0.39, 0.29) is 5.60 Å². The number of aromatic nitrogens is 5. The summed E-state index contributed by atoms with van der Waals surface area (Å²) in [5.74, 6) is 1.01. The summed E-state index contributed by atoms with van der Waals surface area (Å²) in [4.78, 5) is 9.92. The Morgan fingerprint density at radius 3 is 2.64 bits per heavy atom. The summed E-state index contributed by atoms with van der Waals surface area (Å²) in [6.07, 6.45) is 5.86. The minimum atomic E-state index is -0.272. The Balaban J connectivity index is 1.41. The highest BCUT2D eigenvalue weighted by Gasteiger charge is 2.24. The molecular formula is C37H39N5O2. The predicted octanol–water partition coefficient (Wildman–Crippen LogP) is 8.11. The second-order valence-electron chi connectivity index (χ2n) is 12.9. The highest BCUT2D eigenvalue weighted by Crippen LogP contribution is 2.42. The van der Waals surface area contributed by atoms with Gasteiger partial charge in [0.05, 0.1) is 41.9 Å². The molecule has 0 N–H and O–H groups in total. The van der Waals surface area contributed by atoms with Gasteiger partial charge in [-0.1, -0.05) is 12.1 Å². The van der Waals surface area contributed by atoms with Crippen molar-refractivity contribution in [2.24, 2.45) is 14.1 Å². The molecule has 1 aliphatic heterocycles. The molecule has 7 rings (SSSR count). The third-order valence-electron chi connectivity index (χ3n) is 8.88. The lowest BCUT2D eigenvalue weighted by molar-refractivity contribution is -0.0150. The minimum Gasteiger partial charge on any atom is -0.493 e. The molecule has 4 aromatic heterocycles. The second-order valence-corrected chi connectivity index (χ2v) is 12.9. The van der Waals surface area contributed by atoms with Crippen LogP contribution in [0.25, 0.3) is 55.6 Å². The number of aryl methyl sites for hydroxylation is 3. The third kappa shape index (κ3) is 4.85. The Kier molecular flexibility index (Phi) is 6.81. The summed E-state index contributed by atoms with van der Waals surface area (Å²) in [5.41, 5.74) is 13.1. The molecule has 0 spiro atoms. The van der Waals surface area contributed by atoms with E-state index in [2.05, 4.69) is 99.9 Å². The molecule has 0 atom stereocenters. The summed E-state index contributed by atoms with van der Waals surface area (Å²) in [7, 11) is 4.07. The number of ether oxygens (including phenoxy) is 2. The minimum absolute atomic E-state index is 0.272. The van der Waals surface area contributed by atoms with Crippen molar-refractivity contribution in [3.8, 4) is 39.4 Å². The quantitative estimate of drug-likeness (QED) is 0.204. The molecule has 5 heterocycles. The Bertz CT molecular complexity index is 2060. The molecule has 0 saturated heterocycles. The van der Waals surface area contributed by atoms with Crippen molar-refractivity contribution in [3.05, 3.63) is 83.3 Å². The smallest absolute Gasteiger partial charge is 0.141 e. The molecule has 0 saturated carbocycles. The predicted molar refractivity (Wildman–Crippen MR) is 177 cm³/mol. The van der Waals surface area contributed by atoms with E-state index in [9.17, 15) is 0 Å². The van der Waals surface area contributed by atoms with Gasteiger partial charge in [-0.3, -0.25) is 9.67 Å². The highest BCUT2D eigenvalue weighted by atomic mass is 16.5. The van der Waals surface area contributed by atoms with Crippen molar-refractivity contribution >= 4 is 21.9 Å². The second kappa shape index (κ2) is 10.6. The van der Waals surface area contributed by atoms with Crippen LogP contribution in [0.1, 0.15) is 49.6 Å². The van der Waals surface area contributed by atoms with Crippen LogP contribution in [0.3, 0.4) is 0 Å². The lowest BCUT2D eigenvalue weighted by Crippen LogP contribution is -2.19. The monoisotopic (exact) mass is 585 g/mol. The van der Waals surface area contributed by atoms with Crippen molar-refractivity contribution < 1.29 is 9.47 Å². The van der Waals surface area contributed by atoms with Crippen LogP contribution in [-0.2, 0) is 31.9 Å². The van der Waals surface area contributed by atoms with Crippen molar-refractivity contribution in [1.82, 2.24) is 24.3 Å². The largest absolute Gasteiger partial charge is 0.493 e. The van der Waals surface area contributed by atoms with Crippen LogP contribution < -0.4 is 4.74 Å². The molecule has 224 valence electrons. The summed E-state index contributed by atoms with van der Waals surface area (Å²) < 4.78 is 16.5. The maximum Gasteiger partial charge on any atom is 0.141 e. The van der Waals surface area contributed by atoms with Crippen LogP contribution in [0.2, 0.25) is 0 Å². The molecule has 6 aromatic rings. The molecule has 0 aliphatic carbocycles. The van der Waals surface area contributed by atoms with Crippen molar-refractivity contribution in [2.45, 2.75) is 59.7 Å². The normalized spacial score (nSPS) is 13.4. The van der Waals surface area contributed by atoms with Gasteiger partial charge in [-0.25, -0.2) is 4.98 Å². The number of pyridine rings is 2. The van der Waals surface area contributed by atoms with Gasteiger partial charge >= 0.3 is 0 Å². The number of benzene rings is 2. The fourth-order valence-electron chi connectivity index (χ4n) is 6.48. The highest BCUT2D eigenvalue weighted by molar-refractivity contribution is 6.00. The van der Waals surface area contributed by atoms with Crippen molar-refractivity contribution in [3.63, 3.8) is 0 Å². The Morgan fingerprint density at radius 2 is 1.82 bits per heavy atom. The van der Waals surface area contributed by atoms with Gasteiger partial charge in [0.25, 0.3) is 0 Å². The number of nitrogens with zero attached hydrogens (tertiary/aromatic N) is 5. The molecule has 7 nitrogen and oxygen atoms in total. The molecule has 0 amide bonds. The Labute approximate surface area is 258 Å². The van der Waals surface area contributed by atoms with Crippen molar-refractivity contribution in [1.29, 1.82) is 0 Å². The first-order valence-corrected chi connectivity index (χ1v) is 15.4. The van der Waals surface area contributed by atoms with Gasteiger partial charge in [-0.2, -0.15) is 5.10 Å². The number of rotatable bonds is 5. The molecule has 0 unspecified atom stereocenters. The van der Waals surface area contributed by atoms with Crippen LogP contribution in [0.5, 0.6) is 5.75 Å². The first kappa shape index (κ1) is 28.3. The SMILES string of the molecule is Cc1nc2c(cc(-c3ccnc(-c4ccc5c(cnn5C)c4)c3)n2C)c(-c2ccc3c(c2C)CCCO3)c1COC(C)(C)C. The van der Waals surface area contributed by atoms with Gasteiger partial charge < -0.3 is 14.0 Å². The zero-order valence-corrected chi connectivity index (χ0v) is 26.7. The first-order chi connectivity index (χ1) is 21.1. The lowest BCUT2D eigenvalue weighted by atomic mass is 9.88. The fraction of sp³-hybridized carbons (Fsp3) is 0.324. The van der Waals surface area contributed by atoms with E-state index in [1.54, 1.807) is 0 Å². The molecule has 0 radical (unpaired) electrons. The topological polar surface area (TPSA) is 67.0 Å². The average Bonchev–Trinajstić information content (AvgIpc) is 3.54. The summed E-state index contributed by atoms with van der Waals surface area (Å²) in [5, 5.41) is 6.63. The Hall–Kier alpha value is -4.49. The molecule has 0 bridgehead atoms. The molecule has 44 heavy (non-hydrogen) atoms. The summed E-state index contributed by atoms with van der Waals surface area (Å²) >= 11 is 0. The van der Waals surface area contributed by atoms with Gasteiger partial charge in [0, 0.05) is 59.0 Å². The molecule has 2 aromatic carbocycles. The van der Waals surface area contributed by atoms with E-state index in [0.29, 0.717) is 6.61 Å². The van der Waals surface area contributed by atoms with Gasteiger partial charge in [-0.05, 0) is 101 Å². The van der Waals surface area contributed by atoms with Crippen LogP contribution in [0.15, 0.2) is 60.9 Å². The van der Waals surface area contributed by atoms with E-state index in [0.717, 1.165) is 80.9 Å². The average molecular weight is 586 g/mol. The lowest BCUT2D eigenvalue weighted by Gasteiger charge is -2.25. The van der Waals surface area contributed by atoms with Gasteiger partial charge in [0.2, 0.25) is 0 Å².